The molecule has 3 fully saturated rings. The number of epoxide rings is 1. The summed E-state index contributed by atoms with van der Waals surface area (Å²) in [5.74, 6) is -0.268. The fourth-order valence-corrected chi connectivity index (χ4v) is 3.76. The molecule has 2 aliphatic heterocycles. The predicted octanol–water partition coefficient (Wildman–Crippen LogP) is 1.48. The van der Waals surface area contributed by atoms with Crippen LogP contribution in [0.2, 0.25) is 0 Å². The van der Waals surface area contributed by atoms with Gasteiger partial charge in [-0.05, 0) is 26.7 Å². The maximum Gasteiger partial charge on any atom is 0.635 e. The second-order valence-corrected chi connectivity index (χ2v) is 7.59. The summed E-state index contributed by atoms with van der Waals surface area (Å²) in [5, 5.41) is 0. The zero-order valence-corrected chi connectivity index (χ0v) is 14.1. The summed E-state index contributed by atoms with van der Waals surface area (Å²) >= 11 is 0. The maximum atomic E-state index is 12.3. The lowest BCUT2D eigenvalue weighted by Gasteiger charge is -2.50. The van der Waals surface area contributed by atoms with Crippen LogP contribution in [-0.2, 0) is 23.6 Å². The van der Waals surface area contributed by atoms with Gasteiger partial charge in [0, 0.05) is 5.92 Å². The molecule has 3 aliphatic rings. The van der Waals surface area contributed by atoms with E-state index in [0.29, 0.717) is 12.5 Å². The molecule has 2 unspecified atom stereocenters. The minimum atomic E-state index is -0.943. The van der Waals surface area contributed by atoms with Crippen molar-refractivity contribution in [1.29, 1.82) is 0 Å². The summed E-state index contributed by atoms with van der Waals surface area (Å²) in [6, 6.07) is 0.125. The van der Waals surface area contributed by atoms with E-state index in [2.05, 4.69) is 14.0 Å². The Morgan fingerprint density at radius 3 is 2.17 bits per heavy atom. The number of rotatable bonds is 3. The van der Waals surface area contributed by atoms with Gasteiger partial charge in [-0.1, -0.05) is 19.3 Å². The van der Waals surface area contributed by atoms with Gasteiger partial charge in [-0.25, -0.2) is 9.59 Å². The Labute approximate surface area is 138 Å². The summed E-state index contributed by atoms with van der Waals surface area (Å²) in [4.78, 5) is 24.6. The van der Waals surface area contributed by atoms with Gasteiger partial charge in [0.05, 0.1) is 12.6 Å². The second kappa shape index (κ2) is 6.09. The van der Waals surface area contributed by atoms with Crippen molar-refractivity contribution in [3.63, 3.8) is 0 Å². The van der Waals surface area contributed by atoms with Gasteiger partial charge in [0.15, 0.2) is 18.6 Å². The molecule has 0 bridgehead atoms. The minimum Gasteiger partial charge on any atom is -0.493 e. The lowest BCUT2D eigenvalue weighted by atomic mass is 9.72. The first-order valence-electron chi connectivity index (χ1n) is 8.56. The molecule has 0 aromatic rings. The molecule has 2 saturated heterocycles. The summed E-state index contributed by atoms with van der Waals surface area (Å²) < 4.78 is 16.1. The van der Waals surface area contributed by atoms with E-state index in [4.69, 9.17) is 14.0 Å². The molecule has 6 nitrogen and oxygen atoms in total. The van der Waals surface area contributed by atoms with Crippen molar-refractivity contribution >= 4 is 19.1 Å². The Balaban J connectivity index is 1.72. The van der Waals surface area contributed by atoms with Crippen molar-refractivity contribution in [3.05, 3.63) is 7.05 Å². The van der Waals surface area contributed by atoms with Crippen LogP contribution in [0.4, 0.5) is 0 Å². The summed E-state index contributed by atoms with van der Waals surface area (Å²) in [7, 11) is 3.27. The van der Waals surface area contributed by atoms with E-state index in [1.165, 1.54) is 19.3 Å². The van der Waals surface area contributed by atoms with Crippen molar-refractivity contribution in [2.45, 2.75) is 57.5 Å². The quantitative estimate of drug-likeness (QED) is 0.341. The number of carbonyl (C=O) groups excluding carboxylic acids is 2. The number of nitrogens with zero attached hydrogens (tertiary/aromatic N) is 1. The molecule has 2 atom stereocenters. The number of quaternary nitrogens is 1. The largest absolute Gasteiger partial charge is 0.635 e. The Morgan fingerprint density at radius 1 is 1.17 bits per heavy atom. The van der Waals surface area contributed by atoms with E-state index in [-0.39, 0.29) is 35.6 Å². The topological polar surface area (TPSA) is 65.1 Å². The number of carbonyl (C=O) groups is 2. The number of hydrogen-bond donors (Lipinski definition) is 0. The zero-order valence-electron chi connectivity index (χ0n) is 14.1. The molecule has 0 aromatic heterocycles. The van der Waals surface area contributed by atoms with Gasteiger partial charge in [0.25, 0.3) is 0 Å². The molecular formula is C16H26BNO5. The van der Waals surface area contributed by atoms with Crippen molar-refractivity contribution in [2.24, 2.45) is 5.92 Å². The van der Waals surface area contributed by atoms with E-state index in [1.807, 2.05) is 0 Å². The van der Waals surface area contributed by atoms with Crippen LogP contribution in [0.25, 0.3) is 0 Å². The average molecular weight is 323 g/mol. The molecule has 1 aliphatic carbocycles. The number of hydrogen-bond acceptors (Lipinski definition) is 5. The molecule has 3 rings (SSSR count). The molecule has 0 amide bonds. The van der Waals surface area contributed by atoms with Gasteiger partial charge < -0.3 is 18.5 Å². The molecule has 0 radical (unpaired) electrons. The van der Waals surface area contributed by atoms with Crippen molar-refractivity contribution in [1.82, 2.24) is 0 Å². The van der Waals surface area contributed by atoms with Crippen LogP contribution < -0.4 is 0 Å². The third kappa shape index (κ3) is 3.55. The first kappa shape index (κ1) is 16.8. The lowest BCUT2D eigenvalue weighted by molar-refractivity contribution is -0.899. The van der Waals surface area contributed by atoms with Crippen LogP contribution in [0.1, 0.15) is 46.0 Å². The highest BCUT2D eigenvalue weighted by Gasteiger charge is 2.60. The van der Waals surface area contributed by atoms with Crippen LogP contribution >= 0.6 is 0 Å². The smallest absolute Gasteiger partial charge is 0.493 e. The summed E-state index contributed by atoms with van der Waals surface area (Å²) in [5.41, 5.74) is -0.686. The first-order chi connectivity index (χ1) is 10.8. The highest BCUT2D eigenvalue weighted by molar-refractivity contribution is 6.53. The number of ether oxygens (including phenoxy) is 1. The Kier molecular flexibility index (Phi) is 4.44. The van der Waals surface area contributed by atoms with E-state index < -0.39 is 12.6 Å². The van der Waals surface area contributed by atoms with E-state index in [0.717, 1.165) is 12.8 Å². The van der Waals surface area contributed by atoms with Crippen LogP contribution in [0.3, 0.4) is 0 Å². The Hall–Kier alpha value is -1.08. The third-order valence-corrected chi connectivity index (χ3v) is 5.66. The molecular weight excluding hydrogens is 297 g/mol. The molecule has 128 valence electrons. The minimum absolute atomic E-state index is 0.0966. The van der Waals surface area contributed by atoms with Gasteiger partial charge in [-0.3, -0.25) is 0 Å². The maximum absolute atomic E-state index is 12.3. The lowest BCUT2D eigenvalue weighted by Crippen LogP contribution is -2.61. The molecule has 23 heavy (non-hydrogen) atoms. The Morgan fingerprint density at radius 2 is 1.70 bits per heavy atom. The van der Waals surface area contributed by atoms with Gasteiger partial charge in [-0.2, -0.15) is 0 Å². The van der Waals surface area contributed by atoms with Gasteiger partial charge >= 0.3 is 19.1 Å². The van der Waals surface area contributed by atoms with Gasteiger partial charge in [0.1, 0.15) is 0 Å². The SMILES string of the molecule is [CH2-][N+]1(C(C)C2CCCCC2)CC(=O)OB(C2(C)CO2)OC(=O)C1. The van der Waals surface area contributed by atoms with Crippen molar-refractivity contribution in [2.75, 3.05) is 19.7 Å². The summed E-state index contributed by atoms with van der Waals surface area (Å²) in [6.45, 7) is 4.49. The summed E-state index contributed by atoms with van der Waals surface area (Å²) in [6.07, 6.45) is 5.96. The fraction of sp³-hybridized carbons (Fsp3) is 0.812. The third-order valence-electron chi connectivity index (χ3n) is 5.66. The highest BCUT2D eigenvalue weighted by atomic mass is 16.7. The molecule has 0 N–H and O–H groups in total. The first-order valence-corrected chi connectivity index (χ1v) is 8.56. The van der Waals surface area contributed by atoms with E-state index in [1.54, 1.807) is 6.92 Å². The van der Waals surface area contributed by atoms with Gasteiger partial charge in [0.2, 0.25) is 0 Å². The average Bonchev–Trinajstić information content (AvgIpc) is 3.24. The van der Waals surface area contributed by atoms with Crippen LogP contribution in [0.5, 0.6) is 0 Å². The molecule has 0 aromatic carbocycles. The molecule has 1 saturated carbocycles. The van der Waals surface area contributed by atoms with Crippen LogP contribution in [0, 0.1) is 13.0 Å². The van der Waals surface area contributed by atoms with E-state index >= 15 is 0 Å². The predicted molar refractivity (Wildman–Crippen MR) is 83.7 cm³/mol. The monoisotopic (exact) mass is 323 g/mol. The highest BCUT2D eigenvalue weighted by Crippen LogP contribution is 2.34. The normalized spacial score (nSPS) is 33.3. The van der Waals surface area contributed by atoms with Crippen molar-refractivity contribution in [3.8, 4) is 0 Å². The molecule has 2 heterocycles. The van der Waals surface area contributed by atoms with Crippen LogP contribution in [-0.4, -0.2) is 54.8 Å². The Bertz CT molecular complexity index is 467. The zero-order chi connectivity index (χ0) is 16.7. The fourth-order valence-electron chi connectivity index (χ4n) is 3.76. The van der Waals surface area contributed by atoms with E-state index in [9.17, 15) is 9.59 Å². The van der Waals surface area contributed by atoms with Crippen LogP contribution in [0.15, 0.2) is 0 Å². The molecule has 7 heteroatoms. The molecule has 0 spiro atoms. The van der Waals surface area contributed by atoms with Crippen molar-refractivity contribution < 1.29 is 28.1 Å². The van der Waals surface area contributed by atoms with Gasteiger partial charge in [-0.15, -0.1) is 7.05 Å². The second-order valence-electron chi connectivity index (χ2n) is 7.59. The standard InChI is InChI=1S/C16H26BNO5/c1-12(13-7-5-4-6-8-13)18(3)9-14(19)22-17(16(2)11-21-16)23-15(20)10-18/h12-13H,3-11H2,1-2H3.